The number of morpholine rings is 1. The van der Waals surface area contributed by atoms with Gasteiger partial charge in [0.1, 0.15) is 4.83 Å². The third kappa shape index (κ3) is 4.23. The molecule has 0 saturated carbocycles. The lowest BCUT2D eigenvalue weighted by atomic mass is 10.1. The van der Waals surface area contributed by atoms with Gasteiger partial charge in [-0.1, -0.05) is 42.1 Å². The van der Waals surface area contributed by atoms with Gasteiger partial charge in [0.05, 0.1) is 23.8 Å². The van der Waals surface area contributed by atoms with Gasteiger partial charge in [0.2, 0.25) is 5.91 Å². The van der Waals surface area contributed by atoms with Crippen molar-refractivity contribution in [1.82, 2.24) is 14.5 Å². The van der Waals surface area contributed by atoms with E-state index in [0.717, 1.165) is 35.9 Å². The van der Waals surface area contributed by atoms with Crippen molar-refractivity contribution in [3.05, 3.63) is 56.7 Å². The summed E-state index contributed by atoms with van der Waals surface area (Å²) in [5.41, 5.74) is 2.42. The van der Waals surface area contributed by atoms with E-state index >= 15 is 0 Å². The lowest BCUT2D eigenvalue weighted by Gasteiger charge is -2.29. The Kier molecular flexibility index (Phi) is 6.35. The fraction of sp³-hybridized carbons (Fsp3) is 0.458. The molecule has 0 spiro atoms. The minimum absolute atomic E-state index is 0.0406. The molecule has 1 atom stereocenters. The van der Waals surface area contributed by atoms with Crippen LogP contribution < -0.4 is 5.56 Å². The average Bonchev–Trinajstić information content (AvgIpc) is 3.40. The molecule has 3 heterocycles. The normalized spacial score (nSPS) is 17.0. The first-order valence-electron chi connectivity index (χ1n) is 11.2. The summed E-state index contributed by atoms with van der Waals surface area (Å²) in [6.45, 7) is 4.86. The monoisotopic (exact) mass is 469 g/mol. The van der Waals surface area contributed by atoms with Crippen LogP contribution in [0.15, 0.2) is 40.3 Å². The lowest BCUT2D eigenvalue weighted by molar-refractivity contribution is -0.134. The molecule has 1 aliphatic carbocycles. The van der Waals surface area contributed by atoms with Gasteiger partial charge in [-0.05, 0) is 43.7 Å². The molecule has 5 rings (SSSR count). The third-order valence-electron chi connectivity index (χ3n) is 6.21. The Hall–Kier alpha value is -2.16. The molecule has 2 aliphatic rings. The topological polar surface area (TPSA) is 64.4 Å². The van der Waals surface area contributed by atoms with E-state index in [2.05, 4.69) is 12.1 Å². The highest BCUT2D eigenvalue weighted by Gasteiger charge is 2.27. The van der Waals surface area contributed by atoms with Crippen molar-refractivity contribution in [1.29, 1.82) is 0 Å². The molecule has 8 heteroatoms. The van der Waals surface area contributed by atoms with Gasteiger partial charge in [-0.3, -0.25) is 14.2 Å². The summed E-state index contributed by atoms with van der Waals surface area (Å²) in [6, 6.07) is 10.2. The zero-order valence-corrected chi connectivity index (χ0v) is 19.8. The highest BCUT2D eigenvalue weighted by atomic mass is 32.2. The van der Waals surface area contributed by atoms with Gasteiger partial charge in [0.15, 0.2) is 5.16 Å². The number of aromatic nitrogens is 2. The van der Waals surface area contributed by atoms with E-state index < -0.39 is 0 Å². The minimum atomic E-state index is -0.313. The van der Waals surface area contributed by atoms with Crippen LogP contribution >= 0.6 is 23.1 Å². The van der Waals surface area contributed by atoms with Crippen LogP contribution in [0, 0.1) is 0 Å². The van der Waals surface area contributed by atoms with Gasteiger partial charge in [0.25, 0.3) is 5.56 Å². The van der Waals surface area contributed by atoms with E-state index in [1.165, 1.54) is 27.8 Å². The number of thioether (sulfide) groups is 1. The maximum atomic E-state index is 13.6. The Labute approximate surface area is 195 Å². The molecule has 0 bridgehead atoms. The fourth-order valence-corrected chi connectivity index (χ4v) is 6.80. The van der Waals surface area contributed by atoms with Gasteiger partial charge >= 0.3 is 0 Å². The summed E-state index contributed by atoms with van der Waals surface area (Å²) in [5, 5.41) is 1.13. The maximum absolute atomic E-state index is 13.6. The number of hydrogen-bond acceptors (Lipinski definition) is 6. The summed E-state index contributed by atoms with van der Waals surface area (Å²) in [5.74, 6) is 0.0796. The molecule has 1 fully saturated rings. The van der Waals surface area contributed by atoms with E-state index in [1.54, 1.807) is 15.9 Å². The van der Waals surface area contributed by atoms with Crippen LogP contribution in [0.3, 0.4) is 0 Å². The largest absolute Gasteiger partial charge is 0.378 e. The fourth-order valence-electron chi connectivity index (χ4n) is 4.48. The van der Waals surface area contributed by atoms with Crippen LogP contribution in [0.1, 0.15) is 29.3 Å². The molecule has 1 saturated heterocycles. The number of carbonyl (C=O) groups excluding carboxylic acids is 1. The number of amides is 1. The number of aryl methyl sites for hydroxylation is 3. The van der Waals surface area contributed by atoms with Gasteiger partial charge in [-0.2, -0.15) is 0 Å². The number of carbonyl (C=O) groups is 1. The standard InChI is InChI=1S/C24H27N3O3S2/c1-16(22(28)26-12-14-30-15-13-26)31-24-25-21-20(18-8-5-9-19(18)32-21)23(29)27(24)11-10-17-6-3-2-4-7-17/h2-4,6-7,16H,5,8-15H2,1H3. The number of benzene rings is 1. The first-order chi connectivity index (χ1) is 15.6. The molecule has 2 aromatic heterocycles. The van der Waals surface area contributed by atoms with E-state index in [1.807, 2.05) is 30.0 Å². The number of hydrogen-bond donors (Lipinski definition) is 0. The first kappa shape index (κ1) is 21.7. The average molecular weight is 470 g/mol. The second-order valence-electron chi connectivity index (χ2n) is 8.32. The number of thiophene rings is 1. The molecule has 168 valence electrons. The Bertz CT molecular complexity index is 1180. The van der Waals surface area contributed by atoms with Crippen molar-refractivity contribution in [2.24, 2.45) is 0 Å². The van der Waals surface area contributed by atoms with Gasteiger partial charge in [0, 0.05) is 24.5 Å². The van der Waals surface area contributed by atoms with Crippen LogP contribution in [0.4, 0.5) is 0 Å². The maximum Gasteiger partial charge on any atom is 0.263 e. The second kappa shape index (κ2) is 9.37. The van der Waals surface area contributed by atoms with Gasteiger partial charge < -0.3 is 9.64 Å². The summed E-state index contributed by atoms with van der Waals surface area (Å²) < 4.78 is 7.18. The smallest absolute Gasteiger partial charge is 0.263 e. The van der Waals surface area contributed by atoms with Crippen molar-refractivity contribution in [3.8, 4) is 0 Å². The summed E-state index contributed by atoms with van der Waals surface area (Å²) in [6.07, 6.45) is 3.86. The molecule has 1 unspecified atom stereocenters. The van der Waals surface area contributed by atoms with Crippen molar-refractivity contribution in [2.75, 3.05) is 26.3 Å². The zero-order chi connectivity index (χ0) is 22.1. The number of nitrogens with zero attached hydrogens (tertiary/aromatic N) is 3. The van der Waals surface area contributed by atoms with E-state index in [-0.39, 0.29) is 16.7 Å². The first-order valence-corrected chi connectivity index (χ1v) is 12.9. The molecule has 0 N–H and O–H groups in total. The molecule has 3 aromatic rings. The second-order valence-corrected chi connectivity index (χ2v) is 10.7. The number of ether oxygens (including phenoxy) is 1. The Morgan fingerprint density at radius 3 is 2.78 bits per heavy atom. The number of fused-ring (bicyclic) bond motifs is 3. The van der Waals surface area contributed by atoms with Crippen molar-refractivity contribution in [3.63, 3.8) is 0 Å². The van der Waals surface area contributed by atoms with Gasteiger partial charge in [-0.25, -0.2) is 4.98 Å². The van der Waals surface area contributed by atoms with Crippen LogP contribution in [0.2, 0.25) is 0 Å². The predicted octanol–water partition coefficient (Wildman–Crippen LogP) is 3.53. The van der Waals surface area contributed by atoms with Crippen LogP contribution in [0.25, 0.3) is 10.2 Å². The zero-order valence-electron chi connectivity index (χ0n) is 18.2. The molecule has 32 heavy (non-hydrogen) atoms. The summed E-state index contributed by atoms with van der Waals surface area (Å²) >= 11 is 3.06. The SMILES string of the molecule is CC(Sc1nc2sc3c(c2c(=O)n1CCc1ccccc1)CCC3)C(=O)N1CCOCC1. The molecular weight excluding hydrogens is 442 g/mol. The highest BCUT2D eigenvalue weighted by molar-refractivity contribution is 8.00. The molecule has 1 amide bonds. The molecule has 6 nitrogen and oxygen atoms in total. The minimum Gasteiger partial charge on any atom is -0.378 e. The Balaban J connectivity index is 1.48. The van der Waals surface area contributed by atoms with Crippen molar-refractivity contribution >= 4 is 39.2 Å². The van der Waals surface area contributed by atoms with E-state index in [4.69, 9.17) is 9.72 Å². The third-order valence-corrected chi connectivity index (χ3v) is 8.47. The van der Waals surface area contributed by atoms with E-state index in [0.29, 0.717) is 38.0 Å². The van der Waals surface area contributed by atoms with Crippen LogP contribution in [0.5, 0.6) is 0 Å². The summed E-state index contributed by atoms with van der Waals surface area (Å²) in [4.78, 5) is 35.5. The van der Waals surface area contributed by atoms with Gasteiger partial charge in [-0.15, -0.1) is 11.3 Å². The molecule has 1 aliphatic heterocycles. The van der Waals surface area contributed by atoms with Crippen LogP contribution in [-0.2, 0) is 35.3 Å². The Morgan fingerprint density at radius 2 is 2.00 bits per heavy atom. The lowest BCUT2D eigenvalue weighted by Crippen LogP contribution is -2.44. The Morgan fingerprint density at radius 1 is 1.22 bits per heavy atom. The highest BCUT2D eigenvalue weighted by Crippen LogP contribution is 2.36. The molecular formula is C24H27N3O3S2. The summed E-state index contributed by atoms with van der Waals surface area (Å²) in [7, 11) is 0. The molecule has 1 aromatic carbocycles. The van der Waals surface area contributed by atoms with Crippen molar-refractivity contribution in [2.45, 2.75) is 49.6 Å². The van der Waals surface area contributed by atoms with Crippen LogP contribution in [-0.4, -0.2) is 51.9 Å². The predicted molar refractivity (Wildman–Crippen MR) is 129 cm³/mol. The number of rotatable bonds is 6. The van der Waals surface area contributed by atoms with Crippen molar-refractivity contribution < 1.29 is 9.53 Å². The van der Waals surface area contributed by atoms with E-state index in [9.17, 15) is 9.59 Å². The quantitative estimate of drug-likeness (QED) is 0.408. The molecule has 0 radical (unpaired) electrons.